The Morgan fingerprint density at radius 1 is 1.06 bits per heavy atom. The summed E-state index contributed by atoms with van der Waals surface area (Å²) in [6.45, 7) is 0.446. The van der Waals surface area contributed by atoms with Gasteiger partial charge in [-0.05, 0) is 59.8 Å². The predicted octanol–water partition coefficient (Wildman–Crippen LogP) is 5.47. The topological polar surface area (TPSA) is 58.6 Å². The van der Waals surface area contributed by atoms with Gasteiger partial charge in [0.15, 0.2) is 4.32 Å². The van der Waals surface area contributed by atoms with Crippen LogP contribution in [0.2, 0.25) is 5.02 Å². The van der Waals surface area contributed by atoms with Crippen LogP contribution in [0, 0.1) is 0 Å². The Kier molecular flexibility index (Phi) is 6.90. The average molecular weight is 481 g/mol. The molecule has 0 aromatic heterocycles. The van der Waals surface area contributed by atoms with Crippen molar-refractivity contribution in [1.29, 1.82) is 0 Å². The van der Waals surface area contributed by atoms with Gasteiger partial charge in [0.1, 0.15) is 12.4 Å². The molecule has 0 atom stereocenters. The molecule has 0 aliphatic carbocycles. The number of hydrogen-bond donors (Lipinski definition) is 1. The maximum Gasteiger partial charge on any atom is 0.285 e. The minimum Gasteiger partial charge on any atom is -0.489 e. The SMILES string of the molecule is O=C(NN1C(=O)/C(=C/c2cccc(OCc3ccccc3)c2)SC1=S)c1cccc(Cl)c1. The van der Waals surface area contributed by atoms with Gasteiger partial charge in [0.05, 0.1) is 4.91 Å². The first-order chi connectivity index (χ1) is 15.5. The molecule has 1 heterocycles. The molecule has 1 aliphatic heterocycles. The average Bonchev–Trinajstić information content (AvgIpc) is 3.06. The van der Waals surface area contributed by atoms with E-state index in [0.29, 0.717) is 27.8 Å². The van der Waals surface area contributed by atoms with Gasteiger partial charge < -0.3 is 4.74 Å². The van der Waals surface area contributed by atoms with Crippen LogP contribution in [0.25, 0.3) is 6.08 Å². The molecule has 1 fully saturated rings. The van der Waals surface area contributed by atoms with E-state index in [1.54, 1.807) is 24.3 Å². The summed E-state index contributed by atoms with van der Waals surface area (Å²) in [4.78, 5) is 25.7. The van der Waals surface area contributed by atoms with Gasteiger partial charge in [-0.2, -0.15) is 5.01 Å². The van der Waals surface area contributed by atoms with Crippen molar-refractivity contribution in [2.75, 3.05) is 0 Å². The van der Waals surface area contributed by atoms with Gasteiger partial charge in [0, 0.05) is 10.6 Å². The maximum atomic E-state index is 12.8. The quantitative estimate of drug-likeness (QED) is 0.374. The number of hydrazine groups is 1. The summed E-state index contributed by atoms with van der Waals surface area (Å²) >= 11 is 12.3. The highest BCUT2D eigenvalue weighted by molar-refractivity contribution is 8.26. The van der Waals surface area contributed by atoms with Crippen LogP contribution < -0.4 is 10.2 Å². The van der Waals surface area contributed by atoms with Crippen molar-refractivity contribution in [2.24, 2.45) is 0 Å². The number of thioether (sulfide) groups is 1. The van der Waals surface area contributed by atoms with Crippen LogP contribution in [0.1, 0.15) is 21.5 Å². The largest absolute Gasteiger partial charge is 0.489 e. The Balaban J connectivity index is 1.45. The third-order valence-electron chi connectivity index (χ3n) is 4.50. The number of carbonyl (C=O) groups excluding carboxylic acids is 2. The number of carbonyl (C=O) groups is 2. The van der Waals surface area contributed by atoms with E-state index in [0.717, 1.165) is 27.9 Å². The molecule has 0 bridgehead atoms. The predicted molar refractivity (Wildman–Crippen MR) is 131 cm³/mol. The number of nitrogens with zero attached hydrogens (tertiary/aromatic N) is 1. The van der Waals surface area contributed by atoms with Crippen molar-refractivity contribution in [1.82, 2.24) is 10.4 Å². The number of ether oxygens (including phenoxy) is 1. The monoisotopic (exact) mass is 480 g/mol. The third-order valence-corrected chi connectivity index (χ3v) is 6.04. The van der Waals surface area contributed by atoms with Crippen molar-refractivity contribution in [2.45, 2.75) is 6.61 Å². The number of hydrogen-bond acceptors (Lipinski definition) is 5. The van der Waals surface area contributed by atoms with Gasteiger partial charge in [-0.3, -0.25) is 15.0 Å². The van der Waals surface area contributed by atoms with Crippen molar-refractivity contribution in [3.05, 3.63) is 105 Å². The number of benzene rings is 3. The number of rotatable bonds is 6. The van der Waals surface area contributed by atoms with Gasteiger partial charge in [-0.25, -0.2) is 0 Å². The molecule has 3 aromatic rings. The van der Waals surface area contributed by atoms with E-state index in [1.165, 1.54) is 6.07 Å². The van der Waals surface area contributed by atoms with Crippen molar-refractivity contribution in [3.63, 3.8) is 0 Å². The van der Waals surface area contributed by atoms with Gasteiger partial charge in [0.25, 0.3) is 11.8 Å². The lowest BCUT2D eigenvalue weighted by Crippen LogP contribution is -2.44. The van der Waals surface area contributed by atoms with Crippen molar-refractivity contribution in [3.8, 4) is 5.75 Å². The molecule has 0 saturated carbocycles. The van der Waals surface area contributed by atoms with Crippen LogP contribution in [0.5, 0.6) is 5.75 Å². The zero-order valence-corrected chi connectivity index (χ0v) is 19.0. The van der Waals surface area contributed by atoms with E-state index in [1.807, 2.05) is 54.6 Å². The van der Waals surface area contributed by atoms with Crippen LogP contribution in [-0.2, 0) is 11.4 Å². The molecule has 0 radical (unpaired) electrons. The van der Waals surface area contributed by atoms with Gasteiger partial charge in [-0.15, -0.1) is 0 Å². The molecule has 160 valence electrons. The van der Waals surface area contributed by atoms with E-state index in [-0.39, 0.29) is 4.32 Å². The summed E-state index contributed by atoms with van der Waals surface area (Å²) in [5, 5.41) is 1.50. The summed E-state index contributed by atoms with van der Waals surface area (Å²) in [7, 11) is 0. The van der Waals surface area contributed by atoms with Crippen LogP contribution in [0.4, 0.5) is 0 Å². The van der Waals surface area contributed by atoms with Gasteiger partial charge in [0.2, 0.25) is 0 Å². The molecule has 1 N–H and O–H groups in total. The zero-order valence-electron chi connectivity index (χ0n) is 16.7. The van der Waals surface area contributed by atoms with Gasteiger partial charge in [-0.1, -0.05) is 71.9 Å². The molecule has 0 spiro atoms. The second kappa shape index (κ2) is 9.99. The second-order valence-corrected chi connectivity index (χ2v) is 8.93. The number of halogens is 1. The van der Waals surface area contributed by atoms with E-state index in [9.17, 15) is 9.59 Å². The first-order valence-electron chi connectivity index (χ1n) is 9.61. The highest BCUT2D eigenvalue weighted by Crippen LogP contribution is 2.32. The number of amides is 2. The Bertz CT molecular complexity index is 1210. The first kappa shape index (κ1) is 22.1. The second-order valence-electron chi connectivity index (χ2n) is 6.82. The number of thiocarbonyl (C=S) groups is 1. The first-order valence-corrected chi connectivity index (χ1v) is 11.2. The van der Waals surface area contributed by atoms with Crippen LogP contribution in [-0.4, -0.2) is 21.1 Å². The van der Waals surface area contributed by atoms with E-state index in [2.05, 4.69) is 5.43 Å². The molecule has 4 rings (SSSR count). The fourth-order valence-electron chi connectivity index (χ4n) is 2.95. The van der Waals surface area contributed by atoms with Crippen molar-refractivity contribution >= 4 is 57.8 Å². The Hall–Kier alpha value is -3.13. The van der Waals surface area contributed by atoms with E-state index in [4.69, 9.17) is 28.6 Å². The minimum atomic E-state index is -0.471. The van der Waals surface area contributed by atoms with Crippen LogP contribution in [0.3, 0.4) is 0 Å². The lowest BCUT2D eigenvalue weighted by atomic mass is 10.2. The molecule has 5 nitrogen and oxygen atoms in total. The Labute approximate surface area is 200 Å². The maximum absolute atomic E-state index is 12.8. The molecule has 2 amide bonds. The molecular formula is C24H17ClN2O3S2. The Morgan fingerprint density at radius 3 is 2.62 bits per heavy atom. The van der Waals surface area contributed by atoms with Gasteiger partial charge >= 0.3 is 0 Å². The summed E-state index contributed by atoms with van der Waals surface area (Å²) in [5.41, 5.74) is 4.73. The highest BCUT2D eigenvalue weighted by atomic mass is 35.5. The normalized spacial score (nSPS) is 14.7. The molecule has 32 heavy (non-hydrogen) atoms. The molecule has 1 saturated heterocycles. The Morgan fingerprint density at radius 2 is 1.84 bits per heavy atom. The number of nitrogens with one attached hydrogen (secondary N) is 1. The fraction of sp³-hybridized carbons (Fsp3) is 0.0417. The molecule has 3 aromatic carbocycles. The fourth-order valence-corrected chi connectivity index (χ4v) is 4.32. The summed E-state index contributed by atoms with van der Waals surface area (Å²) < 4.78 is 6.10. The minimum absolute atomic E-state index is 0.244. The summed E-state index contributed by atoms with van der Waals surface area (Å²) in [5.74, 6) is -0.181. The molecule has 8 heteroatoms. The third kappa shape index (κ3) is 5.37. The lowest BCUT2D eigenvalue weighted by molar-refractivity contribution is -0.123. The summed E-state index contributed by atoms with van der Waals surface area (Å²) in [6.07, 6.45) is 1.72. The smallest absolute Gasteiger partial charge is 0.285 e. The summed E-state index contributed by atoms with van der Waals surface area (Å²) in [6, 6.07) is 23.7. The van der Waals surface area contributed by atoms with E-state index < -0.39 is 11.8 Å². The molecular weight excluding hydrogens is 464 g/mol. The highest BCUT2D eigenvalue weighted by Gasteiger charge is 2.33. The van der Waals surface area contributed by atoms with Crippen molar-refractivity contribution < 1.29 is 14.3 Å². The molecule has 1 aliphatic rings. The van der Waals surface area contributed by atoms with E-state index >= 15 is 0 Å². The van der Waals surface area contributed by atoms with Crippen LogP contribution in [0.15, 0.2) is 83.8 Å². The molecule has 0 unspecified atom stereocenters. The lowest BCUT2D eigenvalue weighted by Gasteiger charge is -2.15. The standard InChI is InChI=1S/C24H17ClN2O3S2/c25-19-10-5-9-18(14-19)22(28)26-27-23(29)21(32-24(27)31)13-17-8-4-11-20(12-17)30-15-16-6-2-1-3-7-16/h1-14H,15H2,(H,26,28)/b21-13-. The zero-order chi connectivity index (χ0) is 22.5. The van der Waals surface area contributed by atoms with Crippen LogP contribution >= 0.6 is 35.6 Å².